The van der Waals surface area contributed by atoms with Gasteiger partial charge in [-0.1, -0.05) is 23.4 Å². The molecule has 6 rings (SSSR count). The van der Waals surface area contributed by atoms with E-state index in [2.05, 4.69) is 32.0 Å². The van der Waals surface area contributed by atoms with Crippen LogP contribution in [0.3, 0.4) is 0 Å². The van der Waals surface area contributed by atoms with E-state index in [4.69, 9.17) is 4.74 Å². The number of pyridine rings is 1. The van der Waals surface area contributed by atoms with Gasteiger partial charge in [-0.3, -0.25) is 4.98 Å². The molecule has 33 heavy (non-hydrogen) atoms. The monoisotopic (exact) mass is 445 g/mol. The number of carbonyl (C=O) groups is 1. The van der Waals surface area contributed by atoms with Crippen LogP contribution in [0.2, 0.25) is 0 Å². The number of nitrogens with one attached hydrogen (secondary N) is 2. The van der Waals surface area contributed by atoms with Gasteiger partial charge in [-0.15, -0.1) is 5.10 Å². The van der Waals surface area contributed by atoms with Crippen LogP contribution >= 0.6 is 0 Å². The predicted octanol–water partition coefficient (Wildman–Crippen LogP) is 1.94. The Balaban J connectivity index is 1.35. The maximum atomic E-state index is 15.1. The van der Waals surface area contributed by atoms with Crippen molar-refractivity contribution in [1.29, 1.82) is 5.26 Å². The number of aromatic nitrogens is 4. The fraction of sp³-hybridized carbons (Fsp3) is 0.348. The highest BCUT2D eigenvalue weighted by Gasteiger charge is 2.69. The van der Waals surface area contributed by atoms with Gasteiger partial charge in [0.25, 0.3) is 0 Å². The molecule has 0 bridgehead atoms. The summed E-state index contributed by atoms with van der Waals surface area (Å²) in [6.07, 6.45) is 3.66. The molecule has 2 aliphatic heterocycles. The fourth-order valence-corrected chi connectivity index (χ4v) is 5.43. The molecule has 3 aromatic rings. The molecule has 1 amide bonds. The summed E-state index contributed by atoms with van der Waals surface area (Å²) in [4.78, 5) is 16.7. The molecule has 10 heteroatoms. The first kappa shape index (κ1) is 19.8. The summed E-state index contributed by atoms with van der Waals surface area (Å²) < 4.78 is 22.1. The number of halogens is 1. The maximum absolute atomic E-state index is 15.1. The van der Waals surface area contributed by atoms with Crippen molar-refractivity contribution in [2.75, 3.05) is 13.1 Å². The molecule has 5 atom stereocenters. The molecule has 2 aromatic heterocycles. The molecule has 1 aliphatic carbocycles. The van der Waals surface area contributed by atoms with Crippen molar-refractivity contribution >= 4 is 6.09 Å². The molecule has 3 aliphatic rings. The van der Waals surface area contributed by atoms with E-state index in [0.29, 0.717) is 16.7 Å². The number of cyclic esters (lactones) is 1. The van der Waals surface area contributed by atoms with Crippen LogP contribution in [-0.2, 0) is 16.7 Å². The van der Waals surface area contributed by atoms with Crippen LogP contribution in [-0.4, -0.2) is 45.3 Å². The zero-order chi connectivity index (χ0) is 22.6. The standard InChI is InChI=1S/C23H20FN7O2/c24-17-3-1-2-14(21-18(33-22(32)29-21)11-31-7-6-28-30-31)20(17)13-4-5-19(27-8-13)23(12-25)15-9-26-10-16(15)23/h1-8,15-16,18,21,26H,9-11H2,(H,29,32)/t15-,16+,18?,21?,23?. The van der Waals surface area contributed by atoms with Crippen LogP contribution in [0.4, 0.5) is 9.18 Å². The highest BCUT2D eigenvalue weighted by Crippen LogP contribution is 2.60. The van der Waals surface area contributed by atoms with Gasteiger partial charge >= 0.3 is 6.09 Å². The summed E-state index contributed by atoms with van der Waals surface area (Å²) >= 11 is 0. The molecular formula is C23H20FN7O2. The van der Waals surface area contributed by atoms with Gasteiger partial charge in [-0.2, -0.15) is 5.26 Å². The van der Waals surface area contributed by atoms with Gasteiger partial charge in [0.1, 0.15) is 17.3 Å². The van der Waals surface area contributed by atoms with Crippen molar-refractivity contribution < 1.29 is 13.9 Å². The van der Waals surface area contributed by atoms with Gasteiger partial charge in [-0.25, -0.2) is 13.9 Å². The third kappa shape index (κ3) is 3.00. The summed E-state index contributed by atoms with van der Waals surface area (Å²) in [5.41, 5.74) is 1.68. The molecule has 1 saturated carbocycles. The van der Waals surface area contributed by atoms with Gasteiger partial charge in [-0.05, 0) is 17.7 Å². The predicted molar refractivity (Wildman–Crippen MR) is 113 cm³/mol. The molecule has 2 saturated heterocycles. The summed E-state index contributed by atoms with van der Waals surface area (Å²) in [6, 6.07) is 10.3. The molecule has 0 spiro atoms. The number of piperidine rings is 1. The number of fused-ring (bicyclic) bond motifs is 1. The Morgan fingerprint density at radius 1 is 1.27 bits per heavy atom. The summed E-state index contributed by atoms with van der Waals surface area (Å²) in [6.45, 7) is 1.90. The lowest BCUT2D eigenvalue weighted by molar-refractivity contribution is 0.117. The first-order chi connectivity index (χ1) is 16.1. The number of nitriles is 1. The number of amides is 1. The van der Waals surface area contributed by atoms with Crippen LogP contribution in [0.15, 0.2) is 48.9 Å². The Bertz CT molecular complexity index is 1240. The number of rotatable bonds is 5. The van der Waals surface area contributed by atoms with Crippen molar-refractivity contribution in [3.8, 4) is 17.2 Å². The Labute approximate surface area is 188 Å². The van der Waals surface area contributed by atoms with E-state index in [9.17, 15) is 10.1 Å². The normalized spacial score (nSPS) is 29.8. The minimum Gasteiger partial charge on any atom is -0.442 e. The zero-order valence-electron chi connectivity index (χ0n) is 17.5. The second-order valence-corrected chi connectivity index (χ2v) is 8.68. The Morgan fingerprint density at radius 3 is 2.82 bits per heavy atom. The summed E-state index contributed by atoms with van der Waals surface area (Å²) in [7, 11) is 0. The third-order valence-corrected chi connectivity index (χ3v) is 7.06. The Hall–Kier alpha value is -3.84. The molecular weight excluding hydrogens is 425 g/mol. The number of ether oxygens (including phenoxy) is 1. The molecule has 2 N–H and O–H groups in total. The Kier molecular flexibility index (Phi) is 4.41. The lowest BCUT2D eigenvalue weighted by atomic mass is 9.91. The average Bonchev–Trinajstić information content (AvgIpc) is 3.35. The molecule has 3 fully saturated rings. The fourth-order valence-electron chi connectivity index (χ4n) is 5.43. The van der Waals surface area contributed by atoms with E-state index in [1.165, 1.54) is 12.3 Å². The summed E-state index contributed by atoms with van der Waals surface area (Å²) in [5.74, 6) is 0.117. The van der Waals surface area contributed by atoms with Gasteiger partial charge in [0.2, 0.25) is 0 Å². The first-order valence-electron chi connectivity index (χ1n) is 10.8. The average molecular weight is 445 g/mol. The summed E-state index contributed by atoms with van der Waals surface area (Å²) in [5, 5.41) is 23.7. The number of nitrogens with zero attached hydrogens (tertiary/aromatic N) is 5. The second kappa shape index (κ2) is 7.35. The number of benzene rings is 1. The van der Waals surface area contributed by atoms with E-state index < -0.39 is 29.5 Å². The SMILES string of the molecule is N#CC1(c2ccc(-c3c(F)cccc3C3NC(=O)OC3Cn3ccnn3)cn2)[C@@H]2CNC[C@@H]21. The van der Waals surface area contributed by atoms with Gasteiger partial charge in [0.15, 0.2) is 0 Å². The quantitative estimate of drug-likeness (QED) is 0.616. The van der Waals surface area contributed by atoms with Crippen LogP contribution in [0.1, 0.15) is 17.3 Å². The van der Waals surface area contributed by atoms with E-state index in [1.807, 2.05) is 6.07 Å². The van der Waals surface area contributed by atoms with Crippen LogP contribution in [0, 0.1) is 29.0 Å². The minimum absolute atomic E-state index is 0.272. The van der Waals surface area contributed by atoms with E-state index >= 15 is 4.39 Å². The highest BCUT2D eigenvalue weighted by atomic mass is 19.1. The topological polar surface area (TPSA) is 118 Å². The molecule has 0 radical (unpaired) electrons. The van der Waals surface area contributed by atoms with Gasteiger partial charge < -0.3 is 15.4 Å². The second-order valence-electron chi connectivity index (χ2n) is 8.68. The van der Waals surface area contributed by atoms with E-state index in [1.54, 1.807) is 35.3 Å². The minimum atomic E-state index is -0.591. The van der Waals surface area contributed by atoms with Crippen molar-refractivity contribution in [1.82, 2.24) is 30.6 Å². The molecule has 9 nitrogen and oxygen atoms in total. The largest absolute Gasteiger partial charge is 0.442 e. The molecule has 1 aromatic carbocycles. The van der Waals surface area contributed by atoms with Crippen LogP contribution < -0.4 is 10.6 Å². The lowest BCUT2D eigenvalue weighted by Gasteiger charge is -2.21. The highest BCUT2D eigenvalue weighted by molar-refractivity contribution is 5.74. The van der Waals surface area contributed by atoms with Crippen molar-refractivity contribution in [3.63, 3.8) is 0 Å². The zero-order valence-corrected chi connectivity index (χ0v) is 17.5. The number of alkyl carbamates (subject to hydrolysis) is 1. The smallest absolute Gasteiger partial charge is 0.408 e. The Morgan fingerprint density at radius 2 is 2.12 bits per heavy atom. The molecule has 166 valence electrons. The first-order valence-corrected chi connectivity index (χ1v) is 10.8. The van der Waals surface area contributed by atoms with Gasteiger partial charge in [0, 0.05) is 48.4 Å². The third-order valence-electron chi connectivity index (χ3n) is 7.06. The van der Waals surface area contributed by atoms with Crippen molar-refractivity contribution in [2.24, 2.45) is 11.8 Å². The van der Waals surface area contributed by atoms with Crippen molar-refractivity contribution in [3.05, 3.63) is 66.0 Å². The maximum Gasteiger partial charge on any atom is 0.408 e. The van der Waals surface area contributed by atoms with Crippen molar-refractivity contribution in [2.45, 2.75) is 24.1 Å². The number of hydrogen-bond donors (Lipinski definition) is 2. The lowest BCUT2D eigenvalue weighted by Crippen LogP contribution is -2.27. The van der Waals surface area contributed by atoms with E-state index in [0.717, 1.165) is 18.8 Å². The number of carbonyl (C=O) groups excluding carboxylic acids is 1. The van der Waals surface area contributed by atoms with Crippen LogP contribution in [0.5, 0.6) is 0 Å². The molecule has 4 heterocycles. The molecule has 3 unspecified atom stereocenters. The van der Waals surface area contributed by atoms with Crippen LogP contribution in [0.25, 0.3) is 11.1 Å². The van der Waals surface area contributed by atoms with Gasteiger partial charge in [0.05, 0.1) is 30.5 Å². The number of hydrogen-bond acceptors (Lipinski definition) is 7. The van der Waals surface area contributed by atoms with E-state index in [-0.39, 0.29) is 18.4 Å².